The van der Waals surface area contributed by atoms with Gasteiger partial charge in [0.05, 0.1) is 11.4 Å². The number of para-hydroxylation sites is 2. The molecule has 59 heavy (non-hydrogen) atoms. The lowest BCUT2D eigenvalue weighted by atomic mass is 9.43. The van der Waals surface area contributed by atoms with Crippen LogP contribution in [0.2, 0.25) is 0 Å². The minimum absolute atomic E-state index is 0.0649. The Morgan fingerprint density at radius 2 is 1.29 bits per heavy atom. The van der Waals surface area contributed by atoms with Gasteiger partial charge in [-0.25, -0.2) is 0 Å². The number of hydrogen-bond acceptors (Lipinski definition) is 3. The zero-order valence-electron chi connectivity index (χ0n) is 34.1. The van der Waals surface area contributed by atoms with Crippen molar-refractivity contribution in [2.24, 2.45) is 0 Å². The number of thiophene rings is 1. The van der Waals surface area contributed by atoms with Gasteiger partial charge < -0.3 is 9.71 Å². The molecule has 2 aliphatic heterocycles. The molecule has 0 saturated heterocycles. The predicted octanol–water partition coefficient (Wildman–Crippen LogP) is 14.4. The van der Waals surface area contributed by atoms with Gasteiger partial charge in [-0.1, -0.05) is 128 Å². The first-order valence-electron chi connectivity index (χ1n) is 21.1. The van der Waals surface area contributed by atoms with Crippen molar-refractivity contribution in [3.05, 3.63) is 186 Å². The summed E-state index contributed by atoms with van der Waals surface area (Å²) < 4.78 is 2.62. The Balaban J connectivity index is 1.33. The van der Waals surface area contributed by atoms with Crippen molar-refractivity contribution in [1.29, 1.82) is 0 Å². The van der Waals surface area contributed by atoms with Crippen molar-refractivity contribution >= 4 is 77.7 Å². The minimum Gasteiger partial charge on any atom is -0.376 e. The van der Waals surface area contributed by atoms with Crippen LogP contribution in [0.15, 0.2) is 164 Å². The Hall–Kier alpha value is -6.36. The molecule has 8 aromatic carbocycles. The molecular weight excluding hydrogens is 731 g/mol. The summed E-state index contributed by atoms with van der Waals surface area (Å²) in [6.45, 7) is 9.00. The first kappa shape index (κ1) is 35.8. The third-order valence-electron chi connectivity index (χ3n) is 12.7. The van der Waals surface area contributed by atoms with Crippen LogP contribution in [0, 0.1) is 20.8 Å². The van der Waals surface area contributed by atoms with Crippen LogP contribution < -0.4 is 20.6 Å². The molecule has 0 amide bonds. The van der Waals surface area contributed by atoms with Gasteiger partial charge in [-0.05, 0) is 138 Å². The van der Waals surface area contributed by atoms with Gasteiger partial charge in [0.15, 0.2) is 0 Å². The second-order valence-electron chi connectivity index (χ2n) is 16.5. The van der Waals surface area contributed by atoms with E-state index in [4.69, 9.17) is 0 Å². The summed E-state index contributed by atoms with van der Waals surface area (Å²) >= 11 is 1.90. The maximum absolute atomic E-state index is 2.68. The average molecular weight is 777 g/mol. The highest BCUT2D eigenvalue weighted by Gasteiger charge is 2.46. The fourth-order valence-corrected chi connectivity index (χ4v) is 11.4. The van der Waals surface area contributed by atoms with Crippen LogP contribution in [-0.2, 0) is 6.42 Å². The zero-order valence-corrected chi connectivity index (χ0v) is 34.9. The maximum Gasteiger partial charge on any atom is 0.333 e. The third kappa shape index (κ3) is 5.68. The van der Waals surface area contributed by atoms with Gasteiger partial charge in [0, 0.05) is 48.4 Å². The van der Waals surface area contributed by atoms with E-state index in [2.05, 4.69) is 201 Å². The molecule has 0 unspecified atom stereocenters. The number of fused-ring (bicyclic) bond motifs is 8. The highest BCUT2D eigenvalue weighted by molar-refractivity contribution is 7.26. The molecule has 9 aromatic rings. The molecule has 0 spiro atoms. The number of benzene rings is 8. The first-order valence-corrected chi connectivity index (χ1v) is 21.9. The summed E-state index contributed by atoms with van der Waals surface area (Å²) in [5, 5.41) is 2.63. The van der Waals surface area contributed by atoms with Gasteiger partial charge in [0.25, 0.3) is 0 Å². The van der Waals surface area contributed by atoms with E-state index in [0.717, 1.165) is 6.42 Å². The lowest BCUT2D eigenvalue weighted by Crippen LogP contribution is -2.61. The van der Waals surface area contributed by atoms with Crippen molar-refractivity contribution in [3.63, 3.8) is 0 Å². The number of unbranched alkanes of at least 4 members (excludes halogenated alkanes) is 1. The van der Waals surface area contributed by atoms with E-state index in [0.29, 0.717) is 0 Å². The standard InChI is InChI=1S/C55H45BN2S/c1-5-6-17-38-26-28-47(44(32-38)39-18-9-7-10-19-39)57-49-34-40(52-36(3)30-35(2)31-37(52)4)33-45-42-22-13-15-24-48(42)58(41-20-11-8-12-21-41)56(54(45)49)46-27-29-51-53(55(46)57)43-23-14-16-25-50(43)59-51/h7-16,18-34H,5-6,17H2,1-4H3. The molecule has 0 aliphatic carbocycles. The van der Waals surface area contributed by atoms with Crippen LogP contribution in [0.3, 0.4) is 0 Å². The molecule has 4 heteroatoms. The molecule has 0 bridgehead atoms. The number of hydrogen-bond donors (Lipinski definition) is 0. The van der Waals surface area contributed by atoms with Crippen LogP contribution in [0.1, 0.15) is 42.0 Å². The summed E-state index contributed by atoms with van der Waals surface area (Å²) in [7, 11) is 0. The van der Waals surface area contributed by atoms with Crippen LogP contribution in [-0.4, -0.2) is 6.85 Å². The van der Waals surface area contributed by atoms with Gasteiger partial charge in [-0.15, -0.1) is 11.3 Å². The van der Waals surface area contributed by atoms with E-state index >= 15 is 0 Å². The van der Waals surface area contributed by atoms with Crippen LogP contribution in [0.4, 0.5) is 28.4 Å². The highest BCUT2D eigenvalue weighted by Crippen LogP contribution is 2.53. The molecule has 11 rings (SSSR count). The fraction of sp³-hybridized carbons (Fsp3) is 0.127. The summed E-state index contributed by atoms with van der Waals surface area (Å²) in [6.07, 6.45) is 3.40. The van der Waals surface area contributed by atoms with E-state index in [1.165, 1.54) is 128 Å². The molecule has 284 valence electrons. The molecule has 3 heterocycles. The Morgan fingerprint density at radius 1 is 0.559 bits per heavy atom. The lowest BCUT2D eigenvalue weighted by Gasteiger charge is -2.46. The number of rotatable bonds is 7. The monoisotopic (exact) mass is 776 g/mol. The Labute approximate surface area is 352 Å². The third-order valence-corrected chi connectivity index (χ3v) is 13.8. The van der Waals surface area contributed by atoms with Gasteiger partial charge in [0.1, 0.15) is 0 Å². The molecule has 0 atom stereocenters. The van der Waals surface area contributed by atoms with Gasteiger partial charge in [-0.3, -0.25) is 0 Å². The molecule has 0 fully saturated rings. The minimum atomic E-state index is -0.0649. The Kier molecular flexibility index (Phi) is 8.60. The SMILES string of the molecule is CCCCc1ccc(N2c3cc(-c4c(C)cc(C)cc4C)cc4c3B(c3ccc5sc6ccccc6c5c32)N(c2ccccc2)c2ccccc2-4)c(-c2ccccc2)c1. The second kappa shape index (κ2) is 14.2. The normalized spacial score (nSPS) is 12.8. The smallest absolute Gasteiger partial charge is 0.333 e. The first-order chi connectivity index (χ1) is 29.0. The van der Waals surface area contributed by atoms with Gasteiger partial charge >= 0.3 is 6.85 Å². The average Bonchev–Trinajstić information content (AvgIpc) is 3.65. The van der Waals surface area contributed by atoms with Crippen LogP contribution >= 0.6 is 11.3 Å². The lowest BCUT2D eigenvalue weighted by molar-refractivity contribution is 0.795. The maximum atomic E-state index is 2.68. The number of aryl methyl sites for hydroxylation is 4. The van der Waals surface area contributed by atoms with Crippen molar-refractivity contribution in [1.82, 2.24) is 0 Å². The molecule has 0 saturated carbocycles. The van der Waals surface area contributed by atoms with Crippen molar-refractivity contribution in [2.75, 3.05) is 9.71 Å². The Morgan fingerprint density at radius 3 is 2.08 bits per heavy atom. The van der Waals surface area contributed by atoms with Crippen molar-refractivity contribution < 1.29 is 0 Å². The summed E-state index contributed by atoms with van der Waals surface area (Å²) in [5.41, 5.74) is 21.7. The molecule has 0 N–H and O–H groups in total. The van der Waals surface area contributed by atoms with Gasteiger partial charge in [0.2, 0.25) is 0 Å². The van der Waals surface area contributed by atoms with Crippen molar-refractivity contribution in [2.45, 2.75) is 47.0 Å². The summed E-state index contributed by atoms with van der Waals surface area (Å²) in [6, 6.07) is 62.1. The predicted molar refractivity (Wildman–Crippen MR) is 257 cm³/mol. The van der Waals surface area contributed by atoms with E-state index in [9.17, 15) is 0 Å². The molecular formula is C55H45BN2S. The quantitative estimate of drug-likeness (QED) is 0.149. The Bertz CT molecular complexity index is 3070. The van der Waals surface area contributed by atoms with Crippen LogP contribution in [0.25, 0.3) is 53.6 Å². The largest absolute Gasteiger partial charge is 0.376 e. The second-order valence-corrected chi connectivity index (χ2v) is 17.6. The molecule has 2 nitrogen and oxygen atoms in total. The number of nitrogens with zero attached hydrogens (tertiary/aromatic N) is 2. The van der Waals surface area contributed by atoms with Crippen molar-refractivity contribution in [3.8, 4) is 33.4 Å². The topological polar surface area (TPSA) is 6.48 Å². The molecule has 0 radical (unpaired) electrons. The van der Waals surface area contributed by atoms with Crippen LogP contribution in [0.5, 0.6) is 0 Å². The molecule has 1 aromatic heterocycles. The summed E-state index contributed by atoms with van der Waals surface area (Å²) in [4.78, 5) is 5.29. The van der Waals surface area contributed by atoms with E-state index in [1.807, 2.05) is 11.3 Å². The van der Waals surface area contributed by atoms with E-state index < -0.39 is 0 Å². The highest BCUT2D eigenvalue weighted by atomic mass is 32.1. The zero-order chi connectivity index (χ0) is 39.8. The number of anilines is 5. The molecule has 2 aliphatic rings. The van der Waals surface area contributed by atoms with Gasteiger partial charge in [-0.2, -0.15) is 0 Å². The van der Waals surface area contributed by atoms with E-state index in [1.54, 1.807) is 0 Å². The summed E-state index contributed by atoms with van der Waals surface area (Å²) in [5.74, 6) is 0. The fourth-order valence-electron chi connectivity index (χ4n) is 10.3. The van der Waals surface area contributed by atoms with E-state index in [-0.39, 0.29) is 6.85 Å².